The van der Waals surface area contributed by atoms with Crippen LogP contribution in [-0.4, -0.2) is 72.3 Å². The van der Waals surface area contributed by atoms with Crippen molar-refractivity contribution in [2.24, 2.45) is 0 Å². The molecular weight excluding hydrogens is 291 g/mol. The van der Waals surface area contributed by atoms with Crippen LogP contribution in [-0.2, 0) is 0 Å². The molecule has 3 nitrogen and oxygen atoms in total. The summed E-state index contributed by atoms with van der Waals surface area (Å²) >= 11 is 0. The Kier molecular flexibility index (Phi) is 10.1. The lowest BCUT2D eigenvalue weighted by atomic mass is 10.3. The Morgan fingerprint density at radius 2 is 0.952 bits per heavy atom. The van der Waals surface area contributed by atoms with Crippen molar-refractivity contribution < 1.29 is 8.78 Å². The molecule has 0 spiro atoms. The summed E-state index contributed by atoms with van der Waals surface area (Å²) in [5.41, 5.74) is -0.616. The fourth-order valence-corrected chi connectivity index (χ4v) is 6.23. The van der Waals surface area contributed by atoms with Crippen molar-refractivity contribution in [1.29, 1.82) is 0 Å². The third kappa shape index (κ3) is 4.13. The first-order chi connectivity index (χ1) is 9.91. The fraction of sp³-hybridized carbons (Fsp3) is 1.00. The molecule has 0 amide bonds. The molecule has 1 unspecified atom stereocenters. The van der Waals surface area contributed by atoms with Crippen molar-refractivity contribution in [3.63, 3.8) is 0 Å². The average Bonchev–Trinajstić information content (AvgIpc) is 2.48. The second kappa shape index (κ2) is 10.0. The van der Waals surface area contributed by atoms with E-state index >= 15 is 0 Å². The lowest BCUT2D eigenvalue weighted by Crippen LogP contribution is -2.69. The first kappa shape index (κ1) is 21.2. The monoisotopic (exact) mass is 326 g/mol. The van der Waals surface area contributed by atoms with Crippen molar-refractivity contribution in [3.05, 3.63) is 0 Å². The van der Waals surface area contributed by atoms with Crippen molar-refractivity contribution in [3.8, 4) is 0 Å². The molecule has 0 aromatic carbocycles. The van der Waals surface area contributed by atoms with Gasteiger partial charge < -0.3 is 0 Å². The van der Waals surface area contributed by atoms with E-state index in [0.717, 1.165) is 39.3 Å². The predicted molar refractivity (Wildman–Crippen MR) is 91.7 cm³/mol. The van der Waals surface area contributed by atoms with E-state index in [-0.39, 0.29) is 0 Å². The molecule has 0 N–H and O–H groups in total. The Bertz CT molecular complexity index is 230. The fourth-order valence-electron chi connectivity index (χ4n) is 3.49. The van der Waals surface area contributed by atoms with Crippen LogP contribution in [0.2, 0.25) is 0 Å². The molecule has 21 heavy (non-hydrogen) atoms. The zero-order chi connectivity index (χ0) is 16.6. The highest BCUT2D eigenvalue weighted by Crippen LogP contribution is 2.56. The van der Waals surface area contributed by atoms with E-state index in [1.807, 2.05) is 0 Å². The molecule has 0 rings (SSSR count). The smallest absolute Gasteiger partial charge is 0.240 e. The highest BCUT2D eigenvalue weighted by atomic mass is 31.1. The van der Waals surface area contributed by atoms with Crippen LogP contribution in [0.4, 0.5) is 8.78 Å². The van der Waals surface area contributed by atoms with Crippen LogP contribution in [0.5, 0.6) is 0 Å². The maximum atomic E-state index is 13.8. The van der Waals surface area contributed by atoms with Gasteiger partial charge in [0.15, 0.2) is 0 Å². The minimum atomic E-state index is -2.24. The quantitative estimate of drug-likeness (QED) is 0.423. The summed E-state index contributed by atoms with van der Waals surface area (Å²) in [5, 5.41) is 0. The Morgan fingerprint density at radius 1 is 0.714 bits per heavy atom. The summed E-state index contributed by atoms with van der Waals surface area (Å²) in [4.78, 5) is 6.73. The molecular formula is C15H35F2N3P+. The van der Waals surface area contributed by atoms with Gasteiger partial charge in [0.1, 0.15) is 7.92 Å². The topological polar surface area (TPSA) is 9.72 Å². The van der Waals surface area contributed by atoms with Gasteiger partial charge in [0.05, 0.1) is 6.66 Å². The van der Waals surface area contributed by atoms with Gasteiger partial charge in [0.25, 0.3) is 0 Å². The molecule has 0 fully saturated rings. The van der Waals surface area contributed by atoms with Crippen LogP contribution in [0.25, 0.3) is 0 Å². The van der Waals surface area contributed by atoms with E-state index in [1.165, 1.54) is 0 Å². The Morgan fingerprint density at radius 3 is 1.10 bits per heavy atom. The van der Waals surface area contributed by atoms with Gasteiger partial charge in [-0.3, -0.25) is 0 Å². The van der Waals surface area contributed by atoms with Gasteiger partial charge in [0.2, 0.25) is 5.53 Å². The summed E-state index contributed by atoms with van der Waals surface area (Å²) in [7, 11) is -1.93. The van der Waals surface area contributed by atoms with Gasteiger partial charge in [0, 0.05) is 39.3 Å². The highest BCUT2D eigenvalue weighted by Gasteiger charge is 2.58. The van der Waals surface area contributed by atoms with Crippen molar-refractivity contribution >= 4 is 7.92 Å². The molecule has 1 atom stereocenters. The summed E-state index contributed by atoms with van der Waals surface area (Å²) in [6, 6.07) is 0. The molecule has 0 radical (unpaired) electrons. The molecule has 128 valence electrons. The largest absolute Gasteiger partial charge is 0.346 e. The Hall–Kier alpha value is 0.170. The lowest BCUT2D eigenvalue weighted by molar-refractivity contribution is -0.0982. The van der Waals surface area contributed by atoms with E-state index in [2.05, 4.69) is 56.2 Å². The van der Waals surface area contributed by atoms with Crippen LogP contribution in [0.3, 0.4) is 0 Å². The lowest BCUT2D eigenvalue weighted by Gasteiger charge is -2.53. The summed E-state index contributed by atoms with van der Waals surface area (Å²) in [6.07, 6.45) is -2.24. The highest BCUT2D eigenvalue weighted by molar-refractivity contribution is 7.58. The molecule has 0 heterocycles. The van der Waals surface area contributed by atoms with E-state index in [1.54, 1.807) is 6.66 Å². The van der Waals surface area contributed by atoms with Gasteiger partial charge in [-0.2, -0.15) is 8.78 Å². The molecule has 0 aromatic heterocycles. The van der Waals surface area contributed by atoms with Gasteiger partial charge >= 0.3 is 6.17 Å². The van der Waals surface area contributed by atoms with Crippen LogP contribution >= 0.6 is 7.92 Å². The summed E-state index contributed by atoms with van der Waals surface area (Å²) in [6.45, 7) is 19.0. The Labute approximate surface area is 131 Å². The normalized spacial score (nSPS) is 14.7. The van der Waals surface area contributed by atoms with Crippen molar-refractivity contribution in [2.75, 3.05) is 45.9 Å². The van der Waals surface area contributed by atoms with E-state index in [4.69, 9.17) is 0 Å². The number of halogens is 2. The number of alkyl halides is 2. The molecule has 0 aromatic rings. The average molecular weight is 326 g/mol. The van der Waals surface area contributed by atoms with Crippen LogP contribution in [0, 0.1) is 0 Å². The minimum Gasteiger partial charge on any atom is -0.240 e. The van der Waals surface area contributed by atoms with Gasteiger partial charge in [-0.15, -0.1) is 0 Å². The number of rotatable bonds is 11. The molecule has 0 aliphatic heterocycles. The first-order valence-electron chi connectivity index (χ1n) is 8.29. The first-order valence-corrected chi connectivity index (χ1v) is 10.4. The third-order valence-corrected chi connectivity index (χ3v) is 7.13. The Balaban J connectivity index is 6.16. The summed E-state index contributed by atoms with van der Waals surface area (Å²) < 4.78 is 27.6. The SMILES string of the molecule is CCN(CC)C(N(CC)CC)(N(CC)CC)[PH+](C)C(F)F. The van der Waals surface area contributed by atoms with E-state index < -0.39 is 19.6 Å². The molecule has 0 aliphatic carbocycles. The van der Waals surface area contributed by atoms with Crippen molar-refractivity contribution in [1.82, 2.24) is 14.7 Å². The van der Waals surface area contributed by atoms with Gasteiger partial charge in [-0.1, -0.05) is 41.5 Å². The van der Waals surface area contributed by atoms with Crippen LogP contribution in [0.1, 0.15) is 41.5 Å². The maximum Gasteiger partial charge on any atom is 0.346 e. The molecule has 0 aliphatic rings. The van der Waals surface area contributed by atoms with E-state index in [0.29, 0.717) is 0 Å². The standard InChI is InChI=1S/C15H34F2N3P/c1-8-18(9-2)15(19(10-3)11-4,20(12-5)13-6)21(7)14(16)17/h14H,8-13H2,1-7H3/p+1. The second-order valence-electron chi connectivity index (χ2n) is 5.14. The number of nitrogens with zero attached hydrogens (tertiary/aromatic N) is 3. The maximum absolute atomic E-state index is 13.8. The third-order valence-electron chi connectivity index (χ3n) is 4.47. The molecule has 0 saturated heterocycles. The summed E-state index contributed by atoms with van der Waals surface area (Å²) in [5.74, 6) is 0. The second-order valence-corrected chi connectivity index (χ2v) is 7.61. The molecule has 0 bridgehead atoms. The van der Waals surface area contributed by atoms with Gasteiger partial charge in [-0.05, 0) is 0 Å². The number of hydrogen-bond donors (Lipinski definition) is 0. The van der Waals surface area contributed by atoms with Crippen LogP contribution in [0.15, 0.2) is 0 Å². The molecule has 6 heteroatoms. The number of hydrogen-bond acceptors (Lipinski definition) is 3. The van der Waals surface area contributed by atoms with Gasteiger partial charge in [-0.25, -0.2) is 14.7 Å². The predicted octanol–water partition coefficient (Wildman–Crippen LogP) is 3.69. The van der Waals surface area contributed by atoms with Crippen molar-refractivity contribution in [2.45, 2.75) is 53.2 Å². The zero-order valence-electron chi connectivity index (χ0n) is 14.9. The minimum absolute atomic E-state index is 0.616. The van der Waals surface area contributed by atoms with E-state index in [9.17, 15) is 8.78 Å². The van der Waals surface area contributed by atoms with Crippen LogP contribution < -0.4 is 0 Å². The molecule has 0 saturated carbocycles. The zero-order valence-corrected chi connectivity index (χ0v) is 15.9.